The van der Waals surface area contributed by atoms with Gasteiger partial charge < -0.3 is 5.11 Å². The van der Waals surface area contributed by atoms with E-state index in [0.717, 1.165) is 18.4 Å². The van der Waals surface area contributed by atoms with Crippen molar-refractivity contribution in [1.82, 2.24) is 0 Å². The normalized spacial score (nSPS) is 11.4. The van der Waals surface area contributed by atoms with E-state index in [1.807, 2.05) is 6.07 Å². The van der Waals surface area contributed by atoms with Crippen molar-refractivity contribution in [2.45, 2.75) is 44.9 Å². The van der Waals surface area contributed by atoms with E-state index in [2.05, 4.69) is 62.4 Å². The molecule has 0 atom stereocenters. The van der Waals surface area contributed by atoms with Gasteiger partial charge in [-0.05, 0) is 41.4 Å². The molecule has 2 aromatic carbocycles. The van der Waals surface area contributed by atoms with E-state index in [1.165, 1.54) is 11.1 Å². The predicted molar refractivity (Wildman–Crippen MR) is 90.2 cm³/mol. The van der Waals surface area contributed by atoms with Gasteiger partial charge in [0, 0.05) is 6.42 Å². The van der Waals surface area contributed by atoms with Crippen LogP contribution in [0.5, 0.6) is 0 Å². The number of carboxylic acid groups (broad SMARTS) is 1. The van der Waals surface area contributed by atoms with Gasteiger partial charge in [-0.3, -0.25) is 4.79 Å². The van der Waals surface area contributed by atoms with E-state index in [1.54, 1.807) is 0 Å². The summed E-state index contributed by atoms with van der Waals surface area (Å²) in [6.45, 7) is 4.53. The summed E-state index contributed by atoms with van der Waals surface area (Å²) in [4.78, 5) is 10.6. The molecule has 116 valence electrons. The van der Waals surface area contributed by atoms with Crippen molar-refractivity contribution < 1.29 is 9.90 Å². The third-order valence-electron chi connectivity index (χ3n) is 4.24. The summed E-state index contributed by atoms with van der Waals surface area (Å²) < 4.78 is 0. The molecule has 0 aromatic heterocycles. The number of benzene rings is 2. The van der Waals surface area contributed by atoms with Crippen LogP contribution in [-0.4, -0.2) is 11.1 Å². The lowest BCUT2D eigenvalue weighted by molar-refractivity contribution is -0.136. The molecule has 0 aliphatic heterocycles. The summed E-state index contributed by atoms with van der Waals surface area (Å²) in [6, 6.07) is 19.0. The topological polar surface area (TPSA) is 37.3 Å². The maximum absolute atomic E-state index is 10.6. The highest BCUT2D eigenvalue weighted by atomic mass is 16.4. The minimum atomic E-state index is -0.743. The smallest absolute Gasteiger partial charge is 0.303 e. The first kappa shape index (κ1) is 16.3. The van der Waals surface area contributed by atoms with Gasteiger partial charge in [0.2, 0.25) is 0 Å². The Morgan fingerprint density at radius 2 is 1.50 bits per heavy atom. The van der Waals surface area contributed by atoms with Crippen molar-refractivity contribution in [2.75, 3.05) is 0 Å². The van der Waals surface area contributed by atoms with Crippen LogP contribution in [0.2, 0.25) is 0 Å². The zero-order chi connectivity index (χ0) is 16.0. The second kappa shape index (κ2) is 7.26. The van der Waals surface area contributed by atoms with Crippen LogP contribution in [0.15, 0.2) is 54.6 Å². The molecule has 0 fully saturated rings. The van der Waals surface area contributed by atoms with E-state index in [0.29, 0.717) is 6.42 Å². The molecule has 0 bridgehead atoms. The maximum atomic E-state index is 10.6. The first-order valence-electron chi connectivity index (χ1n) is 7.82. The molecule has 22 heavy (non-hydrogen) atoms. The Kier molecular flexibility index (Phi) is 5.37. The summed E-state index contributed by atoms with van der Waals surface area (Å²) in [6.07, 6.45) is 2.94. The standard InChI is InChI=1S/C20H24O2/c1-20(2,15-14-16-6-4-3-5-7-16)18-11-8-17(9-12-18)10-13-19(21)22/h3-9,11-12H,10,13-15H2,1-2H3,(H,21,22). The fourth-order valence-corrected chi connectivity index (χ4v) is 2.62. The molecule has 0 radical (unpaired) electrons. The summed E-state index contributed by atoms with van der Waals surface area (Å²) in [5.41, 5.74) is 3.88. The van der Waals surface area contributed by atoms with Crippen LogP contribution >= 0.6 is 0 Å². The molecular formula is C20H24O2. The summed E-state index contributed by atoms with van der Waals surface area (Å²) in [7, 11) is 0. The predicted octanol–water partition coefficient (Wildman–Crippen LogP) is 4.61. The molecule has 0 aliphatic rings. The SMILES string of the molecule is CC(C)(CCc1ccccc1)c1ccc(CCC(=O)O)cc1. The van der Waals surface area contributed by atoms with Crippen LogP contribution in [0.1, 0.15) is 43.4 Å². The second-order valence-electron chi connectivity index (χ2n) is 6.46. The molecule has 2 nitrogen and oxygen atoms in total. The van der Waals surface area contributed by atoms with E-state index < -0.39 is 5.97 Å². The largest absolute Gasteiger partial charge is 0.481 e. The molecule has 0 saturated carbocycles. The lowest BCUT2D eigenvalue weighted by Gasteiger charge is -2.25. The first-order valence-corrected chi connectivity index (χ1v) is 7.82. The molecule has 1 N–H and O–H groups in total. The molecule has 0 spiro atoms. The van der Waals surface area contributed by atoms with Gasteiger partial charge in [-0.25, -0.2) is 0 Å². The minimum absolute atomic E-state index is 0.112. The Balaban J connectivity index is 1.98. The van der Waals surface area contributed by atoms with E-state index in [9.17, 15) is 4.79 Å². The number of hydrogen-bond acceptors (Lipinski definition) is 1. The third kappa shape index (κ3) is 4.73. The Bertz CT molecular complexity index is 597. The molecule has 2 aromatic rings. The molecule has 0 unspecified atom stereocenters. The van der Waals surface area contributed by atoms with Crippen LogP contribution in [0, 0.1) is 0 Å². The average molecular weight is 296 g/mol. The maximum Gasteiger partial charge on any atom is 0.303 e. The van der Waals surface area contributed by atoms with Gasteiger partial charge in [0.05, 0.1) is 0 Å². The van der Waals surface area contributed by atoms with E-state index in [-0.39, 0.29) is 11.8 Å². The Hall–Kier alpha value is -2.09. The molecule has 2 rings (SSSR count). The second-order valence-corrected chi connectivity index (χ2v) is 6.46. The van der Waals surface area contributed by atoms with E-state index >= 15 is 0 Å². The number of aliphatic carboxylic acids is 1. The lowest BCUT2D eigenvalue weighted by atomic mass is 9.79. The molecule has 0 aliphatic carbocycles. The van der Waals surface area contributed by atoms with Crippen molar-refractivity contribution >= 4 is 5.97 Å². The Morgan fingerprint density at radius 1 is 0.909 bits per heavy atom. The average Bonchev–Trinajstić information content (AvgIpc) is 2.52. The third-order valence-corrected chi connectivity index (χ3v) is 4.24. The van der Waals surface area contributed by atoms with Crippen molar-refractivity contribution in [1.29, 1.82) is 0 Å². The van der Waals surface area contributed by atoms with Gasteiger partial charge >= 0.3 is 5.97 Å². The minimum Gasteiger partial charge on any atom is -0.481 e. The van der Waals surface area contributed by atoms with Crippen molar-refractivity contribution in [2.24, 2.45) is 0 Å². The van der Waals surface area contributed by atoms with Crippen LogP contribution < -0.4 is 0 Å². The number of rotatable bonds is 7. The molecule has 2 heteroatoms. The Morgan fingerprint density at radius 3 is 2.09 bits per heavy atom. The highest BCUT2D eigenvalue weighted by Gasteiger charge is 2.20. The van der Waals surface area contributed by atoms with Crippen LogP contribution in [0.3, 0.4) is 0 Å². The highest BCUT2D eigenvalue weighted by molar-refractivity contribution is 5.67. The van der Waals surface area contributed by atoms with Crippen molar-refractivity contribution in [3.63, 3.8) is 0 Å². The van der Waals surface area contributed by atoms with Gasteiger partial charge in [0.1, 0.15) is 0 Å². The Labute approximate surface area is 132 Å². The number of hydrogen-bond donors (Lipinski definition) is 1. The zero-order valence-corrected chi connectivity index (χ0v) is 13.4. The first-order chi connectivity index (χ1) is 10.5. The van der Waals surface area contributed by atoms with Crippen molar-refractivity contribution in [3.8, 4) is 0 Å². The quantitative estimate of drug-likeness (QED) is 0.810. The summed E-state index contributed by atoms with van der Waals surface area (Å²) in [5.74, 6) is -0.743. The zero-order valence-electron chi connectivity index (χ0n) is 13.4. The monoisotopic (exact) mass is 296 g/mol. The highest BCUT2D eigenvalue weighted by Crippen LogP contribution is 2.29. The number of aryl methyl sites for hydroxylation is 2. The van der Waals surface area contributed by atoms with E-state index in [4.69, 9.17) is 5.11 Å². The van der Waals surface area contributed by atoms with Gasteiger partial charge in [0.15, 0.2) is 0 Å². The van der Waals surface area contributed by atoms with Crippen LogP contribution in [0.4, 0.5) is 0 Å². The van der Waals surface area contributed by atoms with Gasteiger partial charge in [-0.2, -0.15) is 0 Å². The fourth-order valence-electron chi connectivity index (χ4n) is 2.62. The summed E-state index contributed by atoms with van der Waals surface area (Å²) >= 11 is 0. The lowest BCUT2D eigenvalue weighted by Crippen LogP contribution is -2.18. The van der Waals surface area contributed by atoms with Crippen LogP contribution in [0.25, 0.3) is 0 Å². The van der Waals surface area contributed by atoms with Gasteiger partial charge in [-0.15, -0.1) is 0 Å². The molecule has 0 amide bonds. The fraction of sp³-hybridized carbons (Fsp3) is 0.350. The number of carbonyl (C=O) groups is 1. The van der Waals surface area contributed by atoms with Crippen LogP contribution in [-0.2, 0) is 23.1 Å². The molecule has 0 heterocycles. The summed E-state index contributed by atoms with van der Waals surface area (Å²) in [5, 5.41) is 8.74. The molecule has 0 saturated heterocycles. The number of carboxylic acids is 1. The van der Waals surface area contributed by atoms with Gasteiger partial charge in [0.25, 0.3) is 0 Å². The van der Waals surface area contributed by atoms with Gasteiger partial charge in [-0.1, -0.05) is 68.4 Å². The van der Waals surface area contributed by atoms with Crippen molar-refractivity contribution in [3.05, 3.63) is 71.3 Å². The molecular weight excluding hydrogens is 272 g/mol.